The third-order valence-electron chi connectivity index (χ3n) is 2.66. The summed E-state index contributed by atoms with van der Waals surface area (Å²) in [6, 6.07) is -0.182. The Labute approximate surface area is 115 Å². The molecule has 5 heteroatoms. The molecule has 0 aromatic carbocycles. The predicted octanol–water partition coefficient (Wildman–Crippen LogP) is 2.01. The van der Waals surface area contributed by atoms with Crippen LogP contribution in [-0.4, -0.2) is 48.2 Å². The van der Waals surface area contributed by atoms with E-state index < -0.39 is 17.4 Å². The minimum absolute atomic E-state index is 0.182. The topological polar surface area (TPSA) is 48.0 Å². The second-order valence-corrected chi connectivity index (χ2v) is 5.98. The summed E-state index contributed by atoms with van der Waals surface area (Å²) in [4.78, 5) is 13.8. The van der Waals surface area contributed by atoms with Crippen molar-refractivity contribution in [3.8, 4) is 12.3 Å². The van der Waals surface area contributed by atoms with Crippen molar-refractivity contribution in [3.63, 3.8) is 0 Å². The molecule has 0 radical (unpaired) electrons. The molecule has 0 aliphatic carbocycles. The summed E-state index contributed by atoms with van der Waals surface area (Å²) in [7, 11) is 0. The van der Waals surface area contributed by atoms with Crippen LogP contribution in [0.4, 0.5) is 4.79 Å². The van der Waals surface area contributed by atoms with E-state index in [9.17, 15) is 4.79 Å². The van der Waals surface area contributed by atoms with E-state index in [1.807, 2.05) is 34.6 Å². The fourth-order valence-electron chi connectivity index (χ4n) is 1.94. The molecule has 1 aliphatic heterocycles. The average molecular weight is 269 g/mol. The molecule has 0 saturated carbocycles. The Morgan fingerprint density at radius 2 is 2.16 bits per heavy atom. The average Bonchev–Trinajstić information content (AvgIpc) is 2.52. The first-order valence-electron chi connectivity index (χ1n) is 6.35. The van der Waals surface area contributed by atoms with Gasteiger partial charge < -0.3 is 14.2 Å². The third kappa shape index (κ3) is 4.41. The van der Waals surface area contributed by atoms with E-state index in [0.29, 0.717) is 13.2 Å². The molecule has 0 unspecified atom stereocenters. The van der Waals surface area contributed by atoms with Crippen LogP contribution in [-0.2, 0) is 14.2 Å². The fourth-order valence-corrected chi connectivity index (χ4v) is 1.94. The van der Waals surface area contributed by atoms with Crippen molar-refractivity contribution in [2.24, 2.45) is 0 Å². The molecule has 1 atom stereocenters. The minimum atomic E-state index is -0.702. The van der Waals surface area contributed by atoms with Gasteiger partial charge in [-0.3, -0.25) is 4.90 Å². The molecule has 1 saturated heterocycles. The van der Waals surface area contributed by atoms with Gasteiger partial charge in [-0.1, -0.05) is 5.92 Å². The van der Waals surface area contributed by atoms with Crippen LogP contribution in [0.2, 0.25) is 0 Å². The molecule has 0 N–H and O–H groups in total. The quantitative estimate of drug-likeness (QED) is 0.581. The minimum Gasteiger partial charge on any atom is -0.444 e. The molecule has 0 spiro atoms. The van der Waals surface area contributed by atoms with Gasteiger partial charge in [-0.05, 0) is 34.6 Å². The van der Waals surface area contributed by atoms with Gasteiger partial charge in [0.25, 0.3) is 0 Å². The first-order valence-corrected chi connectivity index (χ1v) is 6.35. The lowest BCUT2D eigenvalue weighted by atomic mass is 10.2. The molecule has 19 heavy (non-hydrogen) atoms. The molecule has 1 amide bonds. The van der Waals surface area contributed by atoms with Crippen molar-refractivity contribution in [1.82, 2.24) is 4.90 Å². The summed E-state index contributed by atoms with van der Waals surface area (Å²) >= 11 is 0. The highest BCUT2D eigenvalue weighted by atomic mass is 16.6. The number of carbonyl (C=O) groups excluding carboxylic acids is 1. The van der Waals surface area contributed by atoms with Crippen LogP contribution in [0.3, 0.4) is 0 Å². The standard InChI is InChI=1S/C14H23NO4/c1-7-8-17-9-11-10-18-14(5,6)15(11)12(16)19-13(2,3)4/h1,11H,8-10H2,2-6H3/t11-/m0/s1. The molecular formula is C14H23NO4. The van der Waals surface area contributed by atoms with E-state index in [4.69, 9.17) is 20.6 Å². The maximum absolute atomic E-state index is 12.2. The van der Waals surface area contributed by atoms with Crippen molar-refractivity contribution in [2.75, 3.05) is 19.8 Å². The van der Waals surface area contributed by atoms with Crippen LogP contribution in [0.25, 0.3) is 0 Å². The summed E-state index contributed by atoms with van der Waals surface area (Å²) in [5, 5.41) is 0. The Balaban J connectivity index is 2.73. The molecule has 5 nitrogen and oxygen atoms in total. The van der Waals surface area contributed by atoms with Crippen molar-refractivity contribution in [3.05, 3.63) is 0 Å². The van der Waals surface area contributed by atoms with Crippen molar-refractivity contribution >= 4 is 6.09 Å². The van der Waals surface area contributed by atoms with E-state index >= 15 is 0 Å². The van der Waals surface area contributed by atoms with E-state index in [-0.39, 0.29) is 12.6 Å². The van der Waals surface area contributed by atoms with Gasteiger partial charge in [0.1, 0.15) is 17.9 Å². The van der Waals surface area contributed by atoms with Gasteiger partial charge in [-0.2, -0.15) is 0 Å². The largest absolute Gasteiger partial charge is 0.444 e. The van der Waals surface area contributed by atoms with Crippen molar-refractivity contribution in [2.45, 2.75) is 52.0 Å². The van der Waals surface area contributed by atoms with Crippen LogP contribution in [0, 0.1) is 12.3 Å². The molecular weight excluding hydrogens is 246 g/mol. The van der Waals surface area contributed by atoms with Gasteiger partial charge in [-0.15, -0.1) is 6.42 Å². The summed E-state index contributed by atoms with van der Waals surface area (Å²) in [6.07, 6.45) is 4.73. The summed E-state index contributed by atoms with van der Waals surface area (Å²) in [6.45, 7) is 10.1. The van der Waals surface area contributed by atoms with Gasteiger partial charge >= 0.3 is 6.09 Å². The van der Waals surface area contributed by atoms with Crippen LogP contribution < -0.4 is 0 Å². The fraction of sp³-hybridized carbons (Fsp3) is 0.786. The number of rotatable bonds is 3. The predicted molar refractivity (Wildman–Crippen MR) is 71.5 cm³/mol. The van der Waals surface area contributed by atoms with Crippen LogP contribution in [0.15, 0.2) is 0 Å². The number of amides is 1. The molecule has 0 bridgehead atoms. The molecule has 1 rings (SSSR count). The van der Waals surface area contributed by atoms with E-state index in [0.717, 1.165) is 0 Å². The first-order chi connectivity index (χ1) is 8.67. The number of hydrogen-bond acceptors (Lipinski definition) is 4. The summed E-state index contributed by atoms with van der Waals surface area (Å²) in [5.74, 6) is 2.40. The molecule has 0 aromatic heterocycles. The van der Waals surface area contributed by atoms with Crippen LogP contribution in [0.5, 0.6) is 0 Å². The lowest BCUT2D eigenvalue weighted by Gasteiger charge is -2.34. The highest BCUT2D eigenvalue weighted by Gasteiger charge is 2.45. The number of carbonyl (C=O) groups is 1. The van der Waals surface area contributed by atoms with Gasteiger partial charge in [0.15, 0.2) is 0 Å². The van der Waals surface area contributed by atoms with Crippen molar-refractivity contribution in [1.29, 1.82) is 0 Å². The Bertz CT molecular complexity index is 365. The number of hydrogen-bond donors (Lipinski definition) is 0. The molecule has 1 heterocycles. The maximum Gasteiger partial charge on any atom is 0.412 e. The van der Waals surface area contributed by atoms with Gasteiger partial charge in [0, 0.05) is 0 Å². The molecule has 108 valence electrons. The van der Waals surface area contributed by atoms with Crippen LogP contribution >= 0.6 is 0 Å². The normalized spacial score (nSPS) is 22.1. The van der Waals surface area contributed by atoms with E-state index in [1.165, 1.54) is 0 Å². The lowest BCUT2D eigenvalue weighted by molar-refractivity contribution is -0.0651. The zero-order valence-electron chi connectivity index (χ0n) is 12.4. The van der Waals surface area contributed by atoms with Crippen molar-refractivity contribution < 1.29 is 19.0 Å². The van der Waals surface area contributed by atoms with E-state index in [2.05, 4.69) is 5.92 Å². The van der Waals surface area contributed by atoms with Crippen LogP contribution in [0.1, 0.15) is 34.6 Å². The number of ether oxygens (including phenoxy) is 3. The van der Waals surface area contributed by atoms with Gasteiger partial charge in [0.2, 0.25) is 0 Å². The second kappa shape index (κ2) is 5.81. The first kappa shape index (κ1) is 15.8. The Morgan fingerprint density at radius 3 is 2.68 bits per heavy atom. The number of nitrogens with zero attached hydrogens (tertiary/aromatic N) is 1. The molecule has 1 fully saturated rings. The highest BCUT2D eigenvalue weighted by molar-refractivity contribution is 5.69. The zero-order chi connectivity index (χ0) is 14.7. The Kier molecular flexibility index (Phi) is 4.83. The highest BCUT2D eigenvalue weighted by Crippen LogP contribution is 2.29. The SMILES string of the molecule is C#CCOC[C@H]1COC(C)(C)N1C(=O)OC(C)(C)C. The Morgan fingerprint density at radius 1 is 1.53 bits per heavy atom. The monoisotopic (exact) mass is 269 g/mol. The van der Waals surface area contributed by atoms with Gasteiger partial charge in [0.05, 0.1) is 19.3 Å². The molecule has 1 aliphatic rings. The molecule has 0 aromatic rings. The summed E-state index contributed by atoms with van der Waals surface area (Å²) < 4.78 is 16.3. The maximum atomic E-state index is 12.2. The smallest absolute Gasteiger partial charge is 0.412 e. The summed E-state index contributed by atoms with van der Waals surface area (Å²) in [5.41, 5.74) is -1.24. The van der Waals surface area contributed by atoms with Gasteiger partial charge in [-0.25, -0.2) is 4.79 Å². The third-order valence-corrected chi connectivity index (χ3v) is 2.66. The second-order valence-electron chi connectivity index (χ2n) is 5.98. The Hall–Kier alpha value is -1.25. The number of terminal acetylenes is 1. The lowest BCUT2D eigenvalue weighted by Crippen LogP contribution is -2.51. The zero-order valence-corrected chi connectivity index (χ0v) is 12.4. The van der Waals surface area contributed by atoms with E-state index in [1.54, 1.807) is 4.90 Å².